The van der Waals surface area contributed by atoms with E-state index < -0.39 is 0 Å². The van der Waals surface area contributed by atoms with Gasteiger partial charge >= 0.3 is 0 Å². The number of aryl methyl sites for hydroxylation is 1. The van der Waals surface area contributed by atoms with Gasteiger partial charge in [0.15, 0.2) is 0 Å². The number of H-pyrrole nitrogens is 1. The lowest BCUT2D eigenvalue weighted by Crippen LogP contribution is -2.41. The summed E-state index contributed by atoms with van der Waals surface area (Å²) in [6.07, 6.45) is 5.66. The molecular formula is C9H15N3. The van der Waals surface area contributed by atoms with Gasteiger partial charge in [-0.15, -0.1) is 0 Å². The molecule has 3 heteroatoms. The maximum absolute atomic E-state index is 5.76. The Balaban J connectivity index is 2.27. The van der Waals surface area contributed by atoms with E-state index in [1.165, 1.54) is 25.0 Å². The molecule has 1 aromatic heterocycles. The van der Waals surface area contributed by atoms with Gasteiger partial charge in [-0.2, -0.15) is 0 Å². The molecule has 0 saturated heterocycles. The van der Waals surface area contributed by atoms with E-state index in [1.807, 2.05) is 13.1 Å². The summed E-state index contributed by atoms with van der Waals surface area (Å²) in [5.74, 6) is 0.990. The average Bonchev–Trinajstić information content (AvgIpc) is 2.35. The Morgan fingerprint density at radius 1 is 1.67 bits per heavy atom. The minimum Gasteiger partial charge on any atom is -0.346 e. The number of hydrogen-bond acceptors (Lipinski definition) is 2. The molecule has 1 aliphatic rings. The highest BCUT2D eigenvalue weighted by molar-refractivity contribution is 5.19. The summed E-state index contributed by atoms with van der Waals surface area (Å²) in [5.41, 5.74) is 7.23. The molecule has 0 radical (unpaired) electrons. The van der Waals surface area contributed by atoms with E-state index >= 15 is 0 Å². The number of rotatable bonds is 2. The number of imidazole rings is 1. The van der Waals surface area contributed by atoms with Crippen molar-refractivity contribution in [3.05, 3.63) is 17.7 Å². The van der Waals surface area contributed by atoms with Crippen molar-refractivity contribution in [2.75, 3.05) is 6.54 Å². The quantitative estimate of drug-likeness (QED) is 0.689. The molecule has 1 saturated carbocycles. The van der Waals surface area contributed by atoms with Crippen LogP contribution in [0, 0.1) is 6.92 Å². The van der Waals surface area contributed by atoms with Gasteiger partial charge in [-0.25, -0.2) is 4.98 Å². The zero-order chi connectivity index (χ0) is 8.60. The lowest BCUT2D eigenvalue weighted by atomic mass is 9.67. The molecule has 0 amide bonds. The third kappa shape index (κ3) is 0.966. The SMILES string of the molecule is Cc1ncc(C2(CN)CCC2)[nH]1. The van der Waals surface area contributed by atoms with Crippen LogP contribution in [0.4, 0.5) is 0 Å². The van der Waals surface area contributed by atoms with Gasteiger partial charge in [-0.05, 0) is 19.8 Å². The first kappa shape index (κ1) is 7.80. The van der Waals surface area contributed by atoms with Crippen LogP contribution in [0.2, 0.25) is 0 Å². The topological polar surface area (TPSA) is 54.7 Å². The summed E-state index contributed by atoms with van der Waals surface area (Å²) in [4.78, 5) is 7.48. The van der Waals surface area contributed by atoms with E-state index in [9.17, 15) is 0 Å². The van der Waals surface area contributed by atoms with Gasteiger partial charge in [0.1, 0.15) is 5.82 Å². The smallest absolute Gasteiger partial charge is 0.103 e. The van der Waals surface area contributed by atoms with Crippen LogP contribution in [0.3, 0.4) is 0 Å². The number of hydrogen-bond donors (Lipinski definition) is 2. The monoisotopic (exact) mass is 165 g/mol. The number of aromatic nitrogens is 2. The van der Waals surface area contributed by atoms with Crippen LogP contribution in [-0.4, -0.2) is 16.5 Å². The van der Waals surface area contributed by atoms with Gasteiger partial charge in [-0.1, -0.05) is 6.42 Å². The van der Waals surface area contributed by atoms with Crippen molar-refractivity contribution >= 4 is 0 Å². The number of aromatic amines is 1. The highest BCUT2D eigenvalue weighted by Crippen LogP contribution is 2.41. The van der Waals surface area contributed by atoms with Crippen molar-refractivity contribution in [2.45, 2.75) is 31.6 Å². The molecule has 0 spiro atoms. The number of nitrogens with two attached hydrogens (primary N) is 1. The van der Waals surface area contributed by atoms with Crippen molar-refractivity contribution in [2.24, 2.45) is 5.73 Å². The molecule has 0 aliphatic heterocycles. The summed E-state index contributed by atoms with van der Waals surface area (Å²) in [6.45, 7) is 2.72. The van der Waals surface area contributed by atoms with Crippen LogP contribution in [0.1, 0.15) is 30.8 Å². The summed E-state index contributed by atoms with van der Waals surface area (Å²) < 4.78 is 0. The normalized spacial score (nSPS) is 20.5. The minimum atomic E-state index is 0.237. The predicted octanol–water partition coefficient (Wildman–Crippen LogP) is 1.10. The maximum atomic E-state index is 5.76. The molecule has 1 fully saturated rings. The first-order valence-electron chi connectivity index (χ1n) is 4.49. The molecule has 0 atom stereocenters. The van der Waals surface area contributed by atoms with Crippen LogP contribution in [0.25, 0.3) is 0 Å². The first-order valence-corrected chi connectivity index (χ1v) is 4.49. The second-order valence-electron chi connectivity index (χ2n) is 3.72. The minimum absolute atomic E-state index is 0.237. The molecule has 66 valence electrons. The highest BCUT2D eigenvalue weighted by atomic mass is 14.9. The average molecular weight is 165 g/mol. The van der Waals surface area contributed by atoms with Gasteiger partial charge in [0.05, 0.1) is 0 Å². The summed E-state index contributed by atoms with van der Waals surface area (Å²) in [6, 6.07) is 0. The highest BCUT2D eigenvalue weighted by Gasteiger charge is 2.38. The Bertz CT molecular complexity index is 268. The van der Waals surface area contributed by atoms with Crippen LogP contribution < -0.4 is 5.73 Å². The lowest BCUT2D eigenvalue weighted by Gasteiger charge is -2.39. The van der Waals surface area contributed by atoms with Crippen LogP contribution in [0.15, 0.2) is 6.20 Å². The van der Waals surface area contributed by atoms with Gasteiger partial charge in [0, 0.05) is 23.9 Å². The van der Waals surface area contributed by atoms with Crippen molar-refractivity contribution in [1.29, 1.82) is 0 Å². The molecule has 0 unspecified atom stereocenters. The van der Waals surface area contributed by atoms with Gasteiger partial charge in [0.25, 0.3) is 0 Å². The maximum Gasteiger partial charge on any atom is 0.103 e. The van der Waals surface area contributed by atoms with E-state index in [0.717, 1.165) is 12.4 Å². The van der Waals surface area contributed by atoms with Crippen molar-refractivity contribution in [3.8, 4) is 0 Å². The van der Waals surface area contributed by atoms with Gasteiger partial charge in [0.2, 0.25) is 0 Å². The first-order chi connectivity index (χ1) is 5.77. The molecule has 3 N–H and O–H groups in total. The van der Waals surface area contributed by atoms with Crippen LogP contribution in [-0.2, 0) is 5.41 Å². The Hall–Kier alpha value is -0.830. The molecular weight excluding hydrogens is 150 g/mol. The Morgan fingerprint density at radius 2 is 2.42 bits per heavy atom. The van der Waals surface area contributed by atoms with E-state index in [0.29, 0.717) is 0 Å². The molecule has 3 nitrogen and oxygen atoms in total. The molecule has 1 heterocycles. The second-order valence-corrected chi connectivity index (χ2v) is 3.72. The van der Waals surface area contributed by atoms with Crippen molar-refractivity contribution < 1.29 is 0 Å². The Labute approximate surface area is 72.4 Å². The molecule has 12 heavy (non-hydrogen) atoms. The fourth-order valence-electron chi connectivity index (χ4n) is 1.88. The number of nitrogens with one attached hydrogen (secondary N) is 1. The zero-order valence-corrected chi connectivity index (χ0v) is 7.43. The fourth-order valence-corrected chi connectivity index (χ4v) is 1.88. The van der Waals surface area contributed by atoms with Crippen LogP contribution in [0.5, 0.6) is 0 Å². The molecule has 1 aliphatic carbocycles. The summed E-state index contributed by atoms with van der Waals surface area (Å²) in [7, 11) is 0. The Morgan fingerprint density at radius 3 is 2.75 bits per heavy atom. The summed E-state index contributed by atoms with van der Waals surface area (Å²) in [5, 5.41) is 0. The summed E-state index contributed by atoms with van der Waals surface area (Å²) >= 11 is 0. The van der Waals surface area contributed by atoms with E-state index in [1.54, 1.807) is 0 Å². The third-order valence-electron chi connectivity index (χ3n) is 2.98. The molecule has 0 aromatic carbocycles. The third-order valence-corrected chi connectivity index (χ3v) is 2.98. The standard InChI is InChI=1S/C9H15N3/c1-7-11-5-8(12-7)9(6-10)3-2-4-9/h5H,2-4,6,10H2,1H3,(H,11,12). The predicted molar refractivity (Wildman–Crippen MR) is 47.9 cm³/mol. The van der Waals surface area contributed by atoms with E-state index in [4.69, 9.17) is 5.73 Å². The second kappa shape index (κ2) is 2.59. The molecule has 2 rings (SSSR count). The molecule has 0 bridgehead atoms. The lowest BCUT2D eigenvalue weighted by molar-refractivity contribution is 0.246. The van der Waals surface area contributed by atoms with Gasteiger partial charge in [-0.3, -0.25) is 0 Å². The number of nitrogens with zero attached hydrogens (tertiary/aromatic N) is 1. The van der Waals surface area contributed by atoms with Crippen LogP contribution >= 0.6 is 0 Å². The van der Waals surface area contributed by atoms with Crippen molar-refractivity contribution in [1.82, 2.24) is 9.97 Å². The van der Waals surface area contributed by atoms with Gasteiger partial charge < -0.3 is 10.7 Å². The van der Waals surface area contributed by atoms with Crippen molar-refractivity contribution in [3.63, 3.8) is 0 Å². The zero-order valence-electron chi connectivity index (χ0n) is 7.43. The largest absolute Gasteiger partial charge is 0.346 e. The molecule has 1 aromatic rings. The van der Waals surface area contributed by atoms with E-state index in [2.05, 4.69) is 9.97 Å². The fraction of sp³-hybridized carbons (Fsp3) is 0.667. The Kier molecular flexibility index (Phi) is 1.68. The van der Waals surface area contributed by atoms with E-state index in [-0.39, 0.29) is 5.41 Å².